The van der Waals surface area contributed by atoms with Crippen molar-refractivity contribution < 1.29 is 4.79 Å². The average Bonchev–Trinajstić information content (AvgIpc) is 2.44. The Balaban J connectivity index is 1.55. The van der Waals surface area contributed by atoms with E-state index in [0.717, 1.165) is 45.4 Å². The molecule has 2 rings (SSSR count). The maximum Gasteiger partial charge on any atom is 0.224 e. The highest BCUT2D eigenvalue weighted by atomic mass is 16.1. The van der Waals surface area contributed by atoms with Crippen LogP contribution in [0.5, 0.6) is 0 Å². The van der Waals surface area contributed by atoms with Gasteiger partial charge in [0.2, 0.25) is 5.91 Å². The smallest absolute Gasteiger partial charge is 0.224 e. The first kappa shape index (κ1) is 14.8. The van der Waals surface area contributed by atoms with Gasteiger partial charge in [-0.3, -0.25) is 4.79 Å². The van der Waals surface area contributed by atoms with Crippen LogP contribution < -0.4 is 5.32 Å². The lowest BCUT2D eigenvalue weighted by Crippen LogP contribution is -2.42. The summed E-state index contributed by atoms with van der Waals surface area (Å²) in [6.07, 6.45) is 7.39. The fourth-order valence-corrected chi connectivity index (χ4v) is 3.22. The van der Waals surface area contributed by atoms with Crippen LogP contribution in [-0.2, 0) is 4.79 Å². The van der Waals surface area contributed by atoms with Gasteiger partial charge < -0.3 is 15.1 Å². The van der Waals surface area contributed by atoms with Gasteiger partial charge in [-0.1, -0.05) is 6.42 Å². The van der Waals surface area contributed by atoms with Gasteiger partial charge in [0, 0.05) is 13.1 Å². The molecule has 2 saturated heterocycles. The van der Waals surface area contributed by atoms with Crippen LogP contribution in [0.15, 0.2) is 0 Å². The van der Waals surface area contributed by atoms with Crippen LogP contribution in [0.3, 0.4) is 0 Å². The Labute approximate surface area is 117 Å². The number of piperidine rings is 2. The third-order valence-corrected chi connectivity index (χ3v) is 4.39. The Morgan fingerprint density at radius 1 is 1.16 bits per heavy atom. The van der Waals surface area contributed by atoms with E-state index >= 15 is 0 Å². The molecule has 2 heterocycles. The van der Waals surface area contributed by atoms with E-state index in [1.165, 1.54) is 32.4 Å². The fourth-order valence-electron chi connectivity index (χ4n) is 3.22. The van der Waals surface area contributed by atoms with Crippen molar-refractivity contribution in [2.45, 2.75) is 38.5 Å². The molecule has 1 atom stereocenters. The quantitative estimate of drug-likeness (QED) is 0.763. The summed E-state index contributed by atoms with van der Waals surface area (Å²) in [5.41, 5.74) is 0. The number of carbonyl (C=O) groups is 1. The van der Waals surface area contributed by atoms with E-state index in [9.17, 15) is 4.79 Å². The van der Waals surface area contributed by atoms with Crippen molar-refractivity contribution in [2.24, 2.45) is 5.92 Å². The van der Waals surface area contributed by atoms with Gasteiger partial charge in [0.15, 0.2) is 0 Å². The molecule has 2 aliphatic heterocycles. The third-order valence-electron chi connectivity index (χ3n) is 4.39. The molecule has 0 aromatic heterocycles. The van der Waals surface area contributed by atoms with Gasteiger partial charge in [-0.05, 0) is 65.3 Å². The summed E-state index contributed by atoms with van der Waals surface area (Å²) < 4.78 is 0. The second kappa shape index (κ2) is 7.85. The van der Waals surface area contributed by atoms with E-state index in [4.69, 9.17) is 0 Å². The highest BCUT2D eigenvalue weighted by Crippen LogP contribution is 2.15. The van der Waals surface area contributed by atoms with Crippen molar-refractivity contribution in [3.05, 3.63) is 0 Å². The molecule has 0 radical (unpaired) electrons. The molecule has 4 nitrogen and oxygen atoms in total. The largest absolute Gasteiger partial charge is 0.356 e. The van der Waals surface area contributed by atoms with Crippen LogP contribution >= 0.6 is 0 Å². The van der Waals surface area contributed by atoms with Crippen LogP contribution in [-0.4, -0.2) is 62.0 Å². The topological polar surface area (TPSA) is 35.6 Å². The standard InChI is InChI=1S/C15H29N3O/c1-17-9-5-7-14(13-17)15(19)16-8-6-12-18-10-3-2-4-11-18/h14H,2-13H2,1H3,(H,16,19)/t14-/m1/s1. The molecule has 0 saturated carbocycles. The number of amides is 1. The molecule has 0 bridgehead atoms. The Morgan fingerprint density at radius 3 is 2.68 bits per heavy atom. The molecular formula is C15H29N3O. The van der Waals surface area contributed by atoms with Crippen molar-refractivity contribution in [1.29, 1.82) is 0 Å². The van der Waals surface area contributed by atoms with Crippen molar-refractivity contribution >= 4 is 5.91 Å². The molecule has 0 unspecified atom stereocenters. The number of carbonyl (C=O) groups excluding carboxylic acids is 1. The Morgan fingerprint density at radius 2 is 1.95 bits per heavy atom. The van der Waals surface area contributed by atoms with E-state index in [2.05, 4.69) is 22.2 Å². The molecule has 2 aliphatic rings. The molecule has 19 heavy (non-hydrogen) atoms. The van der Waals surface area contributed by atoms with Gasteiger partial charge in [-0.15, -0.1) is 0 Å². The van der Waals surface area contributed by atoms with E-state index in [0.29, 0.717) is 0 Å². The van der Waals surface area contributed by atoms with Gasteiger partial charge in [-0.2, -0.15) is 0 Å². The third kappa shape index (κ3) is 5.11. The van der Waals surface area contributed by atoms with Crippen molar-refractivity contribution in [2.75, 3.05) is 46.3 Å². The Kier molecular flexibility index (Phi) is 6.11. The maximum absolute atomic E-state index is 12.0. The zero-order chi connectivity index (χ0) is 13.5. The normalized spacial score (nSPS) is 26.3. The zero-order valence-corrected chi connectivity index (χ0v) is 12.4. The molecular weight excluding hydrogens is 238 g/mol. The number of rotatable bonds is 5. The first-order chi connectivity index (χ1) is 9.25. The zero-order valence-electron chi connectivity index (χ0n) is 12.4. The molecule has 110 valence electrons. The summed E-state index contributed by atoms with van der Waals surface area (Å²) in [5.74, 6) is 0.485. The monoisotopic (exact) mass is 267 g/mol. The number of nitrogens with one attached hydrogen (secondary N) is 1. The van der Waals surface area contributed by atoms with Gasteiger partial charge in [0.1, 0.15) is 0 Å². The average molecular weight is 267 g/mol. The number of likely N-dealkylation sites (tertiary alicyclic amines) is 2. The lowest BCUT2D eigenvalue weighted by molar-refractivity contribution is -0.126. The van der Waals surface area contributed by atoms with E-state index in [-0.39, 0.29) is 11.8 Å². The summed E-state index contributed by atoms with van der Waals surface area (Å²) in [5, 5.41) is 3.12. The first-order valence-electron chi connectivity index (χ1n) is 7.94. The van der Waals surface area contributed by atoms with Crippen LogP contribution in [0.4, 0.5) is 0 Å². The van der Waals surface area contributed by atoms with Gasteiger partial charge >= 0.3 is 0 Å². The molecule has 2 fully saturated rings. The molecule has 0 aromatic rings. The van der Waals surface area contributed by atoms with Gasteiger partial charge in [-0.25, -0.2) is 0 Å². The van der Waals surface area contributed by atoms with Crippen LogP contribution in [0.2, 0.25) is 0 Å². The summed E-state index contributed by atoms with van der Waals surface area (Å²) in [4.78, 5) is 16.8. The van der Waals surface area contributed by atoms with Crippen LogP contribution in [0.1, 0.15) is 38.5 Å². The maximum atomic E-state index is 12.0. The molecule has 4 heteroatoms. The van der Waals surface area contributed by atoms with Crippen molar-refractivity contribution in [1.82, 2.24) is 15.1 Å². The van der Waals surface area contributed by atoms with E-state index in [1.807, 2.05) is 0 Å². The molecule has 1 N–H and O–H groups in total. The van der Waals surface area contributed by atoms with E-state index in [1.54, 1.807) is 0 Å². The van der Waals surface area contributed by atoms with Crippen LogP contribution in [0.25, 0.3) is 0 Å². The Bertz CT molecular complexity index is 277. The summed E-state index contributed by atoms with van der Waals surface area (Å²) in [6, 6.07) is 0. The molecule has 0 aromatic carbocycles. The lowest BCUT2D eigenvalue weighted by Gasteiger charge is -2.29. The molecule has 1 amide bonds. The minimum absolute atomic E-state index is 0.216. The second-order valence-corrected chi connectivity index (χ2v) is 6.15. The summed E-state index contributed by atoms with van der Waals surface area (Å²) in [6.45, 7) is 6.56. The predicted octanol–water partition coefficient (Wildman–Crippen LogP) is 1.32. The van der Waals surface area contributed by atoms with Crippen molar-refractivity contribution in [3.8, 4) is 0 Å². The summed E-state index contributed by atoms with van der Waals surface area (Å²) in [7, 11) is 2.11. The van der Waals surface area contributed by atoms with Gasteiger partial charge in [0.25, 0.3) is 0 Å². The highest BCUT2D eigenvalue weighted by molar-refractivity contribution is 5.78. The van der Waals surface area contributed by atoms with Crippen LogP contribution in [0, 0.1) is 5.92 Å². The van der Waals surface area contributed by atoms with Crippen molar-refractivity contribution in [3.63, 3.8) is 0 Å². The number of hydrogen-bond acceptors (Lipinski definition) is 3. The van der Waals surface area contributed by atoms with Gasteiger partial charge in [0.05, 0.1) is 5.92 Å². The molecule has 0 spiro atoms. The fraction of sp³-hybridized carbons (Fsp3) is 0.933. The minimum Gasteiger partial charge on any atom is -0.356 e. The number of nitrogens with zero attached hydrogens (tertiary/aromatic N) is 2. The first-order valence-corrected chi connectivity index (χ1v) is 7.94. The highest BCUT2D eigenvalue weighted by Gasteiger charge is 2.23. The minimum atomic E-state index is 0.216. The lowest BCUT2D eigenvalue weighted by atomic mass is 9.97. The summed E-state index contributed by atoms with van der Waals surface area (Å²) >= 11 is 0. The molecule has 0 aliphatic carbocycles. The predicted molar refractivity (Wildman–Crippen MR) is 78.1 cm³/mol. The second-order valence-electron chi connectivity index (χ2n) is 6.15. The Hall–Kier alpha value is -0.610. The SMILES string of the molecule is CN1CCC[C@@H](C(=O)NCCCN2CCCCC2)C1. The number of hydrogen-bond donors (Lipinski definition) is 1. The van der Waals surface area contributed by atoms with E-state index < -0.39 is 0 Å².